The number of carbonyl (C=O) groups excluding carboxylic acids is 1. The first-order valence-corrected chi connectivity index (χ1v) is 8.61. The molecule has 0 bridgehead atoms. The average molecular weight is 387 g/mol. The molecule has 0 radical (unpaired) electrons. The molecule has 0 saturated heterocycles. The lowest BCUT2D eigenvalue weighted by molar-refractivity contribution is 0.0784. The number of hydrogen-bond acceptors (Lipinski definition) is 4. The van der Waals surface area contributed by atoms with E-state index in [-0.39, 0.29) is 5.91 Å². The van der Waals surface area contributed by atoms with Gasteiger partial charge in [-0.3, -0.25) is 4.79 Å². The lowest BCUT2D eigenvalue weighted by Gasteiger charge is -2.17. The van der Waals surface area contributed by atoms with E-state index in [1.54, 1.807) is 30.1 Å². The Labute approximate surface area is 161 Å². The molecule has 26 heavy (non-hydrogen) atoms. The molecule has 0 spiro atoms. The van der Waals surface area contributed by atoms with Crippen LogP contribution in [0.3, 0.4) is 0 Å². The van der Waals surface area contributed by atoms with Crippen LogP contribution in [0, 0.1) is 0 Å². The van der Waals surface area contributed by atoms with Crippen LogP contribution in [0.15, 0.2) is 60.9 Å². The number of benzene rings is 2. The zero-order valence-electron chi connectivity index (χ0n) is 14.0. The molecule has 0 unspecified atom stereocenters. The number of rotatable bonds is 5. The Bertz CT molecular complexity index is 881. The van der Waals surface area contributed by atoms with Crippen LogP contribution in [0.5, 0.6) is 0 Å². The molecule has 7 heteroatoms. The molecule has 2 aromatic carbocycles. The SMILES string of the molecule is CN(Cc1ccccc1)C(=O)c1cnc(Nc2cc(Cl)cc(Cl)c2)nc1. The third-order valence-electron chi connectivity index (χ3n) is 3.63. The van der Waals surface area contributed by atoms with Crippen molar-refractivity contribution >= 4 is 40.7 Å². The molecule has 0 aliphatic rings. The summed E-state index contributed by atoms with van der Waals surface area (Å²) in [6, 6.07) is 14.8. The van der Waals surface area contributed by atoms with Crippen LogP contribution in [0.1, 0.15) is 15.9 Å². The first-order chi connectivity index (χ1) is 12.5. The van der Waals surface area contributed by atoms with Gasteiger partial charge in [0.05, 0.1) is 5.56 Å². The number of nitrogens with one attached hydrogen (secondary N) is 1. The minimum Gasteiger partial charge on any atom is -0.337 e. The molecular formula is C19H16Cl2N4O. The first-order valence-electron chi connectivity index (χ1n) is 7.86. The topological polar surface area (TPSA) is 58.1 Å². The molecular weight excluding hydrogens is 371 g/mol. The summed E-state index contributed by atoms with van der Waals surface area (Å²) < 4.78 is 0. The van der Waals surface area contributed by atoms with Gasteiger partial charge in [-0.2, -0.15) is 0 Å². The Morgan fingerprint density at radius 3 is 2.27 bits per heavy atom. The third kappa shape index (κ3) is 4.71. The van der Waals surface area contributed by atoms with Gasteiger partial charge in [0.1, 0.15) is 0 Å². The molecule has 0 aliphatic heterocycles. The largest absolute Gasteiger partial charge is 0.337 e. The highest BCUT2D eigenvalue weighted by molar-refractivity contribution is 6.35. The molecule has 3 aromatic rings. The van der Waals surface area contributed by atoms with E-state index in [9.17, 15) is 4.79 Å². The number of anilines is 2. The highest BCUT2D eigenvalue weighted by Crippen LogP contribution is 2.24. The summed E-state index contributed by atoms with van der Waals surface area (Å²) in [7, 11) is 1.75. The molecule has 0 atom stereocenters. The van der Waals surface area contributed by atoms with Crippen molar-refractivity contribution in [3.63, 3.8) is 0 Å². The fourth-order valence-electron chi connectivity index (χ4n) is 2.41. The highest BCUT2D eigenvalue weighted by Gasteiger charge is 2.13. The van der Waals surface area contributed by atoms with Gasteiger partial charge in [-0.1, -0.05) is 53.5 Å². The minimum absolute atomic E-state index is 0.147. The van der Waals surface area contributed by atoms with E-state index in [1.165, 1.54) is 12.4 Å². The van der Waals surface area contributed by atoms with Crippen molar-refractivity contribution in [1.82, 2.24) is 14.9 Å². The van der Waals surface area contributed by atoms with Gasteiger partial charge in [0, 0.05) is 41.7 Å². The first kappa shape index (κ1) is 18.2. The van der Waals surface area contributed by atoms with E-state index < -0.39 is 0 Å². The second kappa shape index (κ2) is 8.17. The van der Waals surface area contributed by atoms with E-state index in [0.717, 1.165) is 5.56 Å². The quantitative estimate of drug-likeness (QED) is 0.683. The van der Waals surface area contributed by atoms with E-state index in [1.807, 2.05) is 30.3 Å². The Morgan fingerprint density at radius 2 is 1.65 bits per heavy atom. The molecule has 5 nitrogen and oxygen atoms in total. The molecule has 1 amide bonds. The van der Waals surface area contributed by atoms with Crippen LogP contribution in [-0.2, 0) is 6.54 Å². The Morgan fingerprint density at radius 1 is 1.04 bits per heavy atom. The number of hydrogen-bond donors (Lipinski definition) is 1. The number of carbonyl (C=O) groups is 1. The predicted molar refractivity (Wildman–Crippen MR) is 104 cm³/mol. The van der Waals surface area contributed by atoms with Gasteiger partial charge >= 0.3 is 0 Å². The molecule has 0 saturated carbocycles. The van der Waals surface area contributed by atoms with E-state index >= 15 is 0 Å². The molecule has 1 N–H and O–H groups in total. The van der Waals surface area contributed by atoms with Crippen molar-refractivity contribution in [1.29, 1.82) is 0 Å². The molecule has 0 fully saturated rings. The lowest BCUT2D eigenvalue weighted by Crippen LogP contribution is -2.26. The van der Waals surface area contributed by atoms with Gasteiger partial charge in [0.2, 0.25) is 5.95 Å². The van der Waals surface area contributed by atoms with Crippen LogP contribution >= 0.6 is 23.2 Å². The Hall–Kier alpha value is -2.63. The van der Waals surface area contributed by atoms with Crippen LogP contribution in [0.4, 0.5) is 11.6 Å². The van der Waals surface area contributed by atoms with Crippen molar-refractivity contribution in [2.75, 3.05) is 12.4 Å². The minimum atomic E-state index is -0.147. The summed E-state index contributed by atoms with van der Waals surface area (Å²) >= 11 is 11.9. The molecule has 3 rings (SSSR count). The van der Waals surface area contributed by atoms with Gasteiger partial charge in [0.15, 0.2) is 0 Å². The summed E-state index contributed by atoms with van der Waals surface area (Å²) in [5.41, 5.74) is 2.14. The lowest BCUT2D eigenvalue weighted by atomic mass is 10.2. The molecule has 0 aliphatic carbocycles. The molecule has 1 aromatic heterocycles. The maximum absolute atomic E-state index is 12.5. The maximum Gasteiger partial charge on any atom is 0.257 e. The summed E-state index contributed by atoms with van der Waals surface area (Å²) in [5, 5.41) is 4.02. The van der Waals surface area contributed by atoms with Crippen LogP contribution in [0.25, 0.3) is 0 Å². The van der Waals surface area contributed by atoms with Gasteiger partial charge in [0.25, 0.3) is 5.91 Å². The van der Waals surface area contributed by atoms with Crippen molar-refractivity contribution in [3.05, 3.63) is 82.1 Å². The van der Waals surface area contributed by atoms with Crippen molar-refractivity contribution in [3.8, 4) is 0 Å². The Kier molecular flexibility index (Phi) is 5.71. The fourth-order valence-corrected chi connectivity index (χ4v) is 2.93. The fraction of sp³-hybridized carbons (Fsp3) is 0.105. The third-order valence-corrected chi connectivity index (χ3v) is 4.06. The standard InChI is InChI=1S/C19H16Cl2N4O/c1-25(12-13-5-3-2-4-6-13)18(26)14-10-22-19(23-11-14)24-17-8-15(20)7-16(21)9-17/h2-11H,12H2,1H3,(H,22,23,24). The van der Waals surface area contributed by atoms with Crippen LogP contribution in [0.2, 0.25) is 10.0 Å². The van der Waals surface area contributed by atoms with Gasteiger partial charge < -0.3 is 10.2 Å². The monoisotopic (exact) mass is 386 g/mol. The normalized spacial score (nSPS) is 10.4. The smallest absolute Gasteiger partial charge is 0.257 e. The molecule has 132 valence electrons. The number of nitrogens with zero attached hydrogens (tertiary/aromatic N) is 3. The second-order valence-corrected chi connectivity index (χ2v) is 6.60. The van der Waals surface area contributed by atoms with Gasteiger partial charge in [-0.05, 0) is 23.8 Å². The molecule has 1 heterocycles. The van der Waals surface area contributed by atoms with E-state index in [0.29, 0.717) is 33.8 Å². The highest BCUT2D eigenvalue weighted by atomic mass is 35.5. The predicted octanol–water partition coefficient (Wildman–Crippen LogP) is 4.80. The van der Waals surface area contributed by atoms with Gasteiger partial charge in [-0.25, -0.2) is 9.97 Å². The van der Waals surface area contributed by atoms with Crippen LogP contribution < -0.4 is 5.32 Å². The van der Waals surface area contributed by atoms with Crippen molar-refractivity contribution < 1.29 is 4.79 Å². The van der Waals surface area contributed by atoms with Crippen molar-refractivity contribution in [2.24, 2.45) is 0 Å². The summed E-state index contributed by atoms with van der Waals surface area (Å²) in [4.78, 5) is 22.5. The summed E-state index contributed by atoms with van der Waals surface area (Å²) in [6.07, 6.45) is 2.98. The van der Waals surface area contributed by atoms with E-state index in [2.05, 4.69) is 15.3 Å². The zero-order valence-corrected chi connectivity index (χ0v) is 15.5. The second-order valence-electron chi connectivity index (χ2n) is 5.73. The van der Waals surface area contributed by atoms with E-state index in [4.69, 9.17) is 23.2 Å². The zero-order chi connectivity index (χ0) is 18.5. The Balaban J connectivity index is 1.67. The number of amides is 1. The van der Waals surface area contributed by atoms with Gasteiger partial charge in [-0.15, -0.1) is 0 Å². The summed E-state index contributed by atoms with van der Waals surface area (Å²) in [5.74, 6) is 0.205. The summed E-state index contributed by atoms with van der Waals surface area (Å²) in [6.45, 7) is 0.515. The van der Waals surface area contributed by atoms with Crippen molar-refractivity contribution in [2.45, 2.75) is 6.54 Å². The average Bonchev–Trinajstić information content (AvgIpc) is 2.62. The number of halogens is 2. The number of aromatic nitrogens is 2. The van der Waals surface area contributed by atoms with Crippen LogP contribution in [-0.4, -0.2) is 27.8 Å². The maximum atomic E-state index is 12.5.